The number of aryl methyl sites for hydroxylation is 2. The Kier molecular flexibility index (Phi) is 3.26. The SMILES string of the molecule is Cc1cccc(C)c1C(Br)c1ccc2[nH]c(=O)oc2c1. The Labute approximate surface area is 124 Å². The number of oxazole rings is 1. The number of alkyl halides is 1. The van der Waals surface area contributed by atoms with Gasteiger partial charge < -0.3 is 4.42 Å². The van der Waals surface area contributed by atoms with Crippen molar-refractivity contribution in [1.82, 2.24) is 4.98 Å². The number of benzene rings is 2. The predicted molar refractivity (Wildman–Crippen MR) is 83.5 cm³/mol. The van der Waals surface area contributed by atoms with Crippen molar-refractivity contribution in [3.05, 3.63) is 69.2 Å². The summed E-state index contributed by atoms with van der Waals surface area (Å²) in [5.41, 5.74) is 6.11. The van der Waals surface area contributed by atoms with Crippen LogP contribution in [0.15, 0.2) is 45.6 Å². The van der Waals surface area contributed by atoms with Crippen LogP contribution in [0.3, 0.4) is 0 Å². The van der Waals surface area contributed by atoms with Gasteiger partial charge in [-0.2, -0.15) is 0 Å². The fourth-order valence-electron chi connectivity index (χ4n) is 2.51. The van der Waals surface area contributed by atoms with Gasteiger partial charge in [0.15, 0.2) is 5.58 Å². The monoisotopic (exact) mass is 331 g/mol. The summed E-state index contributed by atoms with van der Waals surface area (Å²) in [5.74, 6) is -0.421. The largest absolute Gasteiger partial charge is 0.417 e. The van der Waals surface area contributed by atoms with E-state index in [1.807, 2.05) is 18.2 Å². The number of aromatic amines is 1. The van der Waals surface area contributed by atoms with E-state index in [1.54, 1.807) is 0 Å². The molecule has 0 saturated heterocycles. The van der Waals surface area contributed by atoms with Crippen LogP contribution in [0.25, 0.3) is 11.1 Å². The van der Waals surface area contributed by atoms with Crippen LogP contribution in [-0.4, -0.2) is 4.98 Å². The van der Waals surface area contributed by atoms with Gasteiger partial charge in [0.2, 0.25) is 0 Å². The second kappa shape index (κ2) is 4.94. The average molecular weight is 332 g/mol. The van der Waals surface area contributed by atoms with E-state index in [1.165, 1.54) is 16.7 Å². The maximum Gasteiger partial charge on any atom is 0.417 e. The van der Waals surface area contributed by atoms with Crippen molar-refractivity contribution in [1.29, 1.82) is 0 Å². The summed E-state index contributed by atoms with van der Waals surface area (Å²) >= 11 is 3.76. The lowest BCUT2D eigenvalue weighted by atomic mass is 9.96. The van der Waals surface area contributed by atoms with Gasteiger partial charge in [-0.25, -0.2) is 4.79 Å². The normalized spacial score (nSPS) is 12.8. The van der Waals surface area contributed by atoms with E-state index < -0.39 is 5.76 Å². The van der Waals surface area contributed by atoms with Crippen LogP contribution in [0.1, 0.15) is 27.1 Å². The van der Waals surface area contributed by atoms with Crippen LogP contribution >= 0.6 is 15.9 Å². The molecule has 3 aromatic rings. The molecule has 1 aromatic heterocycles. The van der Waals surface area contributed by atoms with Crippen molar-refractivity contribution in [2.75, 3.05) is 0 Å². The van der Waals surface area contributed by atoms with Gasteiger partial charge in [0.05, 0.1) is 10.3 Å². The predicted octanol–water partition coefficient (Wildman–Crippen LogP) is 4.22. The molecule has 1 heterocycles. The summed E-state index contributed by atoms with van der Waals surface area (Å²) in [6.07, 6.45) is 0. The minimum Gasteiger partial charge on any atom is -0.408 e. The zero-order chi connectivity index (χ0) is 14.3. The van der Waals surface area contributed by atoms with Gasteiger partial charge >= 0.3 is 5.76 Å². The zero-order valence-electron chi connectivity index (χ0n) is 11.2. The van der Waals surface area contributed by atoms with Gasteiger partial charge in [-0.3, -0.25) is 4.98 Å². The maximum atomic E-state index is 11.2. The molecule has 0 fully saturated rings. The summed E-state index contributed by atoms with van der Waals surface area (Å²) in [6.45, 7) is 4.21. The summed E-state index contributed by atoms with van der Waals surface area (Å²) in [6, 6.07) is 12.0. The Hall–Kier alpha value is -1.81. The van der Waals surface area contributed by atoms with Crippen LogP contribution in [0.2, 0.25) is 0 Å². The fourth-order valence-corrected chi connectivity index (χ4v) is 3.52. The molecule has 3 rings (SSSR count). The van der Waals surface area contributed by atoms with Crippen molar-refractivity contribution < 1.29 is 4.42 Å². The van der Waals surface area contributed by atoms with Crippen LogP contribution in [0.4, 0.5) is 0 Å². The number of fused-ring (bicyclic) bond motifs is 1. The summed E-state index contributed by atoms with van der Waals surface area (Å²) < 4.78 is 5.12. The molecule has 0 saturated carbocycles. The van der Waals surface area contributed by atoms with E-state index >= 15 is 0 Å². The molecule has 20 heavy (non-hydrogen) atoms. The molecule has 4 heteroatoms. The molecule has 0 bridgehead atoms. The molecule has 1 atom stereocenters. The van der Waals surface area contributed by atoms with E-state index in [4.69, 9.17) is 4.42 Å². The van der Waals surface area contributed by atoms with Crippen molar-refractivity contribution >= 4 is 27.0 Å². The maximum absolute atomic E-state index is 11.2. The Morgan fingerprint density at radius 2 is 1.85 bits per heavy atom. The Bertz CT molecular complexity index is 812. The third-order valence-electron chi connectivity index (χ3n) is 3.53. The number of halogens is 1. The van der Waals surface area contributed by atoms with E-state index in [0.29, 0.717) is 5.58 Å². The van der Waals surface area contributed by atoms with Crippen LogP contribution in [-0.2, 0) is 0 Å². The molecule has 0 radical (unpaired) electrons. The Morgan fingerprint density at radius 3 is 2.55 bits per heavy atom. The fraction of sp³-hybridized carbons (Fsp3) is 0.188. The van der Waals surface area contributed by atoms with Gasteiger partial charge in [-0.05, 0) is 48.2 Å². The second-order valence-electron chi connectivity index (χ2n) is 4.94. The van der Waals surface area contributed by atoms with Gasteiger partial charge in [-0.1, -0.05) is 40.2 Å². The van der Waals surface area contributed by atoms with Crippen molar-refractivity contribution in [2.24, 2.45) is 0 Å². The van der Waals surface area contributed by atoms with Crippen molar-refractivity contribution in [3.63, 3.8) is 0 Å². The number of rotatable bonds is 2. The smallest absolute Gasteiger partial charge is 0.408 e. The molecule has 0 aliphatic heterocycles. The number of H-pyrrole nitrogens is 1. The number of hydrogen-bond acceptors (Lipinski definition) is 2. The minimum atomic E-state index is -0.421. The van der Waals surface area contributed by atoms with Crippen LogP contribution in [0.5, 0.6) is 0 Å². The molecule has 0 aliphatic rings. The van der Waals surface area contributed by atoms with E-state index in [9.17, 15) is 4.79 Å². The van der Waals surface area contributed by atoms with Gasteiger partial charge in [0.1, 0.15) is 0 Å². The third kappa shape index (κ3) is 2.20. The third-order valence-corrected chi connectivity index (χ3v) is 4.52. The molecular weight excluding hydrogens is 318 g/mol. The molecule has 1 unspecified atom stereocenters. The quantitative estimate of drug-likeness (QED) is 0.714. The number of nitrogens with one attached hydrogen (secondary N) is 1. The van der Waals surface area contributed by atoms with Gasteiger partial charge in [-0.15, -0.1) is 0 Å². The first-order valence-electron chi connectivity index (χ1n) is 6.39. The average Bonchev–Trinajstić information content (AvgIpc) is 2.77. The van der Waals surface area contributed by atoms with Gasteiger partial charge in [0, 0.05) is 0 Å². The number of hydrogen-bond donors (Lipinski definition) is 1. The van der Waals surface area contributed by atoms with Crippen LogP contribution < -0.4 is 5.76 Å². The van der Waals surface area contributed by atoms with Gasteiger partial charge in [0.25, 0.3) is 0 Å². The number of aromatic nitrogens is 1. The van der Waals surface area contributed by atoms with Crippen molar-refractivity contribution in [2.45, 2.75) is 18.7 Å². The first-order chi connectivity index (χ1) is 9.56. The zero-order valence-corrected chi connectivity index (χ0v) is 12.8. The summed E-state index contributed by atoms with van der Waals surface area (Å²) in [4.78, 5) is 13.9. The molecule has 0 aliphatic carbocycles. The Balaban J connectivity index is 2.12. The molecule has 1 N–H and O–H groups in total. The first kappa shape index (κ1) is 13.2. The summed E-state index contributed by atoms with van der Waals surface area (Å²) in [7, 11) is 0. The standard InChI is InChI=1S/C16H14BrNO2/c1-9-4-3-5-10(2)14(9)15(17)11-6-7-12-13(8-11)20-16(19)18-12/h3-8,15H,1-2H3,(H,18,19). The van der Waals surface area contributed by atoms with E-state index in [-0.39, 0.29) is 4.83 Å². The van der Waals surface area contributed by atoms with E-state index in [0.717, 1.165) is 11.1 Å². The molecular formula is C16H14BrNO2. The minimum absolute atomic E-state index is 0.0771. The lowest BCUT2D eigenvalue weighted by Crippen LogP contribution is -1.98. The topological polar surface area (TPSA) is 46.0 Å². The first-order valence-corrected chi connectivity index (χ1v) is 7.31. The highest BCUT2D eigenvalue weighted by Crippen LogP contribution is 2.35. The molecule has 3 nitrogen and oxygen atoms in total. The lowest BCUT2D eigenvalue weighted by Gasteiger charge is -2.16. The highest BCUT2D eigenvalue weighted by atomic mass is 79.9. The second-order valence-corrected chi connectivity index (χ2v) is 5.85. The molecule has 0 spiro atoms. The summed E-state index contributed by atoms with van der Waals surface area (Å²) in [5, 5.41) is 0. The highest BCUT2D eigenvalue weighted by Gasteiger charge is 2.16. The van der Waals surface area contributed by atoms with Crippen LogP contribution in [0, 0.1) is 13.8 Å². The highest BCUT2D eigenvalue weighted by molar-refractivity contribution is 9.09. The molecule has 102 valence electrons. The molecule has 0 amide bonds. The lowest BCUT2D eigenvalue weighted by molar-refractivity contribution is 0.555. The van der Waals surface area contributed by atoms with Crippen molar-refractivity contribution in [3.8, 4) is 0 Å². The van der Waals surface area contributed by atoms with E-state index in [2.05, 4.69) is 53.0 Å². The molecule has 2 aromatic carbocycles. The Morgan fingerprint density at radius 1 is 1.15 bits per heavy atom.